The van der Waals surface area contributed by atoms with Gasteiger partial charge in [0.05, 0.1) is 0 Å². The number of fused-ring (bicyclic) bond motifs is 1. The van der Waals surface area contributed by atoms with E-state index in [1.165, 1.54) is 12.8 Å². The van der Waals surface area contributed by atoms with E-state index >= 15 is 0 Å². The van der Waals surface area contributed by atoms with Crippen molar-refractivity contribution >= 4 is 35.8 Å². The molecule has 1 unspecified atom stereocenters. The van der Waals surface area contributed by atoms with Crippen molar-refractivity contribution in [1.29, 1.82) is 0 Å². The van der Waals surface area contributed by atoms with Crippen molar-refractivity contribution in [3.8, 4) is 0 Å². The van der Waals surface area contributed by atoms with Gasteiger partial charge in [-0.25, -0.2) is 0 Å². The Balaban J connectivity index is 0.00000231. The zero-order valence-corrected chi connectivity index (χ0v) is 18.5. The molecule has 1 atom stereocenters. The highest BCUT2D eigenvalue weighted by atomic mass is 35.5. The third-order valence-electron chi connectivity index (χ3n) is 7.00. The lowest BCUT2D eigenvalue weighted by Crippen LogP contribution is -2.52. The van der Waals surface area contributed by atoms with Crippen LogP contribution in [0.5, 0.6) is 0 Å². The van der Waals surface area contributed by atoms with Crippen LogP contribution in [-0.4, -0.2) is 78.9 Å². The fourth-order valence-electron chi connectivity index (χ4n) is 5.29. The topological polar surface area (TPSA) is 85.0 Å². The second kappa shape index (κ2) is 9.14. The summed E-state index contributed by atoms with van der Waals surface area (Å²) in [6, 6.07) is 6.17. The normalized spacial score (nSPS) is 25.3. The molecule has 0 aliphatic carbocycles. The highest BCUT2D eigenvalue weighted by molar-refractivity contribution is 6.05. The number of rotatable bonds is 3. The number of carbonyl (C=O) groups excluding carboxylic acids is 3. The summed E-state index contributed by atoms with van der Waals surface area (Å²) >= 11 is 0. The van der Waals surface area contributed by atoms with Crippen LogP contribution in [0.1, 0.15) is 41.6 Å². The van der Waals surface area contributed by atoms with Gasteiger partial charge in [-0.1, -0.05) is 0 Å². The Morgan fingerprint density at radius 2 is 1.68 bits per heavy atom. The summed E-state index contributed by atoms with van der Waals surface area (Å²) in [5, 5.41) is 5.78. The molecule has 4 aliphatic heterocycles. The van der Waals surface area contributed by atoms with Gasteiger partial charge in [-0.15, -0.1) is 12.4 Å². The number of benzene rings is 1. The number of hydrogen-bond donors (Lipinski definition) is 2. The average molecular weight is 448 g/mol. The number of anilines is 1. The van der Waals surface area contributed by atoms with Crippen molar-refractivity contribution in [3.63, 3.8) is 0 Å². The first-order valence-electron chi connectivity index (χ1n) is 11.1. The van der Waals surface area contributed by atoms with E-state index in [1.54, 1.807) is 4.90 Å². The van der Waals surface area contributed by atoms with Crippen LogP contribution in [0.3, 0.4) is 0 Å². The van der Waals surface area contributed by atoms with E-state index in [4.69, 9.17) is 0 Å². The zero-order chi connectivity index (χ0) is 20.7. The van der Waals surface area contributed by atoms with Crippen molar-refractivity contribution in [1.82, 2.24) is 20.4 Å². The summed E-state index contributed by atoms with van der Waals surface area (Å²) in [5.74, 6) is -0.724. The average Bonchev–Trinajstić information content (AvgIpc) is 3.10. The van der Waals surface area contributed by atoms with Crippen molar-refractivity contribution < 1.29 is 14.4 Å². The molecule has 0 radical (unpaired) electrons. The van der Waals surface area contributed by atoms with Crippen LogP contribution in [0, 0.1) is 0 Å². The molecule has 2 N–H and O–H groups in total. The molecule has 0 saturated carbocycles. The molecule has 3 saturated heterocycles. The van der Waals surface area contributed by atoms with Crippen molar-refractivity contribution in [3.05, 3.63) is 29.3 Å². The lowest BCUT2D eigenvalue weighted by atomic mass is 10.0. The number of halogens is 1. The van der Waals surface area contributed by atoms with Gasteiger partial charge in [0.15, 0.2) is 0 Å². The number of piperidine rings is 2. The van der Waals surface area contributed by atoms with Gasteiger partial charge < -0.3 is 15.1 Å². The number of amides is 3. The Kier molecular flexibility index (Phi) is 6.50. The maximum absolute atomic E-state index is 12.9. The maximum Gasteiger partial charge on any atom is 0.255 e. The number of nitrogens with one attached hydrogen (secondary N) is 2. The molecule has 8 nitrogen and oxygen atoms in total. The standard InChI is InChI=1S/C22H29N5O3.ClH/c28-20-4-3-19(21(29)24-20)27-14-15-13-17(1-2-18(15)22(27)30)25-9-5-16(6-10-25)26-11-7-23-8-12-26;/h1-2,13,16,19,23H,3-12,14H2,(H,24,28,29);1H. The minimum absolute atomic E-state index is 0. The van der Waals surface area contributed by atoms with Crippen LogP contribution in [0.25, 0.3) is 0 Å². The van der Waals surface area contributed by atoms with Crippen LogP contribution in [0.15, 0.2) is 18.2 Å². The molecule has 168 valence electrons. The van der Waals surface area contributed by atoms with Gasteiger partial charge >= 0.3 is 0 Å². The summed E-state index contributed by atoms with van der Waals surface area (Å²) in [7, 11) is 0. The van der Waals surface area contributed by atoms with E-state index in [-0.39, 0.29) is 36.5 Å². The van der Waals surface area contributed by atoms with Crippen LogP contribution >= 0.6 is 12.4 Å². The number of imide groups is 1. The minimum atomic E-state index is -0.555. The molecule has 9 heteroatoms. The van der Waals surface area contributed by atoms with Gasteiger partial charge in [0, 0.05) is 69.5 Å². The quantitative estimate of drug-likeness (QED) is 0.665. The predicted molar refractivity (Wildman–Crippen MR) is 119 cm³/mol. The fraction of sp³-hybridized carbons (Fsp3) is 0.591. The van der Waals surface area contributed by atoms with E-state index in [0.717, 1.165) is 50.5 Å². The summed E-state index contributed by atoms with van der Waals surface area (Å²) in [6.07, 6.45) is 3.01. The molecule has 5 rings (SSSR count). The second-order valence-corrected chi connectivity index (χ2v) is 8.75. The summed E-state index contributed by atoms with van der Waals surface area (Å²) in [6.45, 7) is 6.94. The molecular formula is C22H30ClN5O3. The minimum Gasteiger partial charge on any atom is -0.371 e. The molecule has 4 aliphatic rings. The fourth-order valence-corrected chi connectivity index (χ4v) is 5.29. The van der Waals surface area contributed by atoms with Crippen molar-refractivity contribution in [2.24, 2.45) is 0 Å². The Morgan fingerprint density at radius 1 is 0.935 bits per heavy atom. The first kappa shape index (κ1) is 22.0. The first-order valence-corrected chi connectivity index (χ1v) is 11.1. The molecule has 3 amide bonds. The van der Waals surface area contributed by atoms with Gasteiger partial charge in [-0.3, -0.25) is 24.6 Å². The van der Waals surface area contributed by atoms with Gasteiger partial charge in [0.1, 0.15) is 6.04 Å². The molecule has 0 spiro atoms. The summed E-state index contributed by atoms with van der Waals surface area (Å²) < 4.78 is 0. The Morgan fingerprint density at radius 3 is 2.39 bits per heavy atom. The van der Waals surface area contributed by atoms with Crippen molar-refractivity contribution in [2.75, 3.05) is 44.2 Å². The molecule has 0 bridgehead atoms. The molecule has 3 fully saturated rings. The van der Waals surface area contributed by atoms with E-state index in [0.29, 0.717) is 24.6 Å². The number of hydrogen-bond acceptors (Lipinski definition) is 6. The zero-order valence-electron chi connectivity index (χ0n) is 17.6. The number of nitrogens with zero attached hydrogens (tertiary/aromatic N) is 3. The molecule has 4 heterocycles. The van der Waals surface area contributed by atoms with Gasteiger partial charge in [-0.05, 0) is 43.0 Å². The number of carbonyl (C=O) groups is 3. The molecule has 0 aromatic heterocycles. The van der Waals surface area contributed by atoms with E-state index < -0.39 is 6.04 Å². The Hall–Kier alpha value is -2.16. The first-order chi connectivity index (χ1) is 14.6. The SMILES string of the molecule is Cl.O=C1CCC(N2Cc3cc(N4CCC(N5CCNCC5)CC4)ccc3C2=O)C(=O)N1. The van der Waals surface area contributed by atoms with Crippen molar-refractivity contribution in [2.45, 2.75) is 44.3 Å². The summed E-state index contributed by atoms with van der Waals surface area (Å²) in [4.78, 5) is 43.2. The largest absolute Gasteiger partial charge is 0.371 e. The lowest BCUT2D eigenvalue weighted by Gasteiger charge is -2.41. The Bertz CT molecular complexity index is 865. The lowest BCUT2D eigenvalue weighted by molar-refractivity contribution is -0.136. The van der Waals surface area contributed by atoms with E-state index in [2.05, 4.69) is 26.5 Å². The second-order valence-electron chi connectivity index (χ2n) is 8.75. The van der Waals surface area contributed by atoms with E-state index in [1.807, 2.05) is 12.1 Å². The molecule has 1 aromatic rings. The third kappa shape index (κ3) is 4.29. The van der Waals surface area contributed by atoms with Gasteiger partial charge in [0.2, 0.25) is 11.8 Å². The van der Waals surface area contributed by atoms with Crippen LogP contribution < -0.4 is 15.5 Å². The van der Waals surface area contributed by atoms with E-state index in [9.17, 15) is 14.4 Å². The van der Waals surface area contributed by atoms with Crippen LogP contribution in [0.4, 0.5) is 5.69 Å². The smallest absolute Gasteiger partial charge is 0.255 e. The van der Waals surface area contributed by atoms with Gasteiger partial charge in [-0.2, -0.15) is 0 Å². The highest BCUT2D eigenvalue weighted by Crippen LogP contribution is 2.31. The Labute approximate surface area is 188 Å². The molecule has 31 heavy (non-hydrogen) atoms. The highest BCUT2D eigenvalue weighted by Gasteiger charge is 2.39. The molecule has 1 aromatic carbocycles. The van der Waals surface area contributed by atoms with Crippen LogP contribution in [0.2, 0.25) is 0 Å². The molecular weight excluding hydrogens is 418 g/mol. The number of piperazine rings is 1. The third-order valence-corrected chi connectivity index (χ3v) is 7.00. The predicted octanol–water partition coefficient (Wildman–Crippen LogP) is 0.743. The monoisotopic (exact) mass is 447 g/mol. The maximum atomic E-state index is 12.9. The van der Waals surface area contributed by atoms with Gasteiger partial charge in [0.25, 0.3) is 5.91 Å². The van der Waals surface area contributed by atoms with Crippen LogP contribution in [-0.2, 0) is 16.1 Å². The summed E-state index contributed by atoms with van der Waals surface area (Å²) in [5.41, 5.74) is 2.82.